The van der Waals surface area contributed by atoms with Crippen LogP contribution in [0.1, 0.15) is 39.0 Å². The van der Waals surface area contributed by atoms with Gasteiger partial charge in [-0.05, 0) is 19.8 Å². The second-order valence-electron chi connectivity index (χ2n) is 3.50. The number of carboxylic acid groups (broad SMARTS) is 1. The Balaban J connectivity index is 3.58. The molecule has 0 aliphatic heterocycles. The summed E-state index contributed by atoms with van der Waals surface area (Å²) in [6.45, 7) is 1.42. The molecule has 0 fully saturated rings. The number of esters is 2. The van der Waals surface area contributed by atoms with Crippen molar-refractivity contribution in [2.75, 3.05) is 0 Å². The average molecular weight is 232 g/mol. The Labute approximate surface area is 93.2 Å². The van der Waals surface area contributed by atoms with Gasteiger partial charge >= 0.3 is 17.9 Å². The molecular formula is C10H16O6. The van der Waals surface area contributed by atoms with E-state index in [4.69, 9.17) is 10.2 Å². The van der Waals surface area contributed by atoms with Gasteiger partial charge in [-0.3, -0.25) is 14.4 Å². The third kappa shape index (κ3) is 9.14. The molecule has 0 saturated carbocycles. The number of hydrogen-bond acceptors (Lipinski definition) is 5. The largest absolute Gasteiger partial charge is 0.481 e. The number of aliphatic carboxylic acids is 1. The molecule has 0 bridgehead atoms. The van der Waals surface area contributed by atoms with Crippen LogP contribution >= 0.6 is 0 Å². The van der Waals surface area contributed by atoms with Crippen LogP contribution in [0.4, 0.5) is 0 Å². The van der Waals surface area contributed by atoms with E-state index in [2.05, 4.69) is 4.74 Å². The van der Waals surface area contributed by atoms with Gasteiger partial charge in [-0.1, -0.05) is 0 Å². The van der Waals surface area contributed by atoms with Crippen molar-refractivity contribution in [1.82, 2.24) is 0 Å². The smallest absolute Gasteiger partial charge is 0.316 e. The molecule has 0 amide bonds. The number of carbonyl (C=O) groups excluding carboxylic acids is 2. The van der Waals surface area contributed by atoms with E-state index in [0.29, 0.717) is 12.8 Å². The van der Waals surface area contributed by atoms with Crippen molar-refractivity contribution in [3.05, 3.63) is 0 Å². The summed E-state index contributed by atoms with van der Waals surface area (Å²) in [6, 6.07) is 0. The molecule has 0 radical (unpaired) electrons. The lowest BCUT2D eigenvalue weighted by atomic mass is 10.2. The monoisotopic (exact) mass is 232 g/mol. The molecule has 16 heavy (non-hydrogen) atoms. The van der Waals surface area contributed by atoms with Crippen LogP contribution in [-0.4, -0.2) is 34.2 Å². The minimum absolute atomic E-state index is 0.00506. The summed E-state index contributed by atoms with van der Waals surface area (Å²) in [6.07, 6.45) is -0.316. The molecular weight excluding hydrogens is 216 g/mol. The number of aliphatic hydroxyl groups excluding tert-OH is 1. The topological polar surface area (TPSA) is 101 Å². The maximum Gasteiger partial charge on any atom is 0.316 e. The number of hydrogen-bond donors (Lipinski definition) is 2. The molecule has 0 aromatic heterocycles. The number of carboxylic acids is 1. The lowest BCUT2D eigenvalue weighted by Crippen LogP contribution is -2.16. The highest BCUT2D eigenvalue weighted by Crippen LogP contribution is 2.03. The van der Waals surface area contributed by atoms with E-state index in [1.54, 1.807) is 0 Å². The van der Waals surface area contributed by atoms with Crippen molar-refractivity contribution in [2.24, 2.45) is 0 Å². The summed E-state index contributed by atoms with van der Waals surface area (Å²) in [5, 5.41) is 17.2. The molecule has 0 spiro atoms. The Kier molecular flexibility index (Phi) is 7.11. The van der Waals surface area contributed by atoms with Crippen molar-refractivity contribution in [1.29, 1.82) is 0 Å². The molecule has 6 nitrogen and oxygen atoms in total. The average Bonchev–Trinajstić information content (AvgIpc) is 2.10. The second kappa shape index (κ2) is 7.81. The summed E-state index contributed by atoms with van der Waals surface area (Å²) in [4.78, 5) is 32.1. The van der Waals surface area contributed by atoms with Crippen LogP contribution in [-0.2, 0) is 19.1 Å². The van der Waals surface area contributed by atoms with E-state index in [9.17, 15) is 14.4 Å². The highest BCUT2D eigenvalue weighted by atomic mass is 16.6. The Bertz CT molecular complexity index is 258. The van der Waals surface area contributed by atoms with Gasteiger partial charge in [0, 0.05) is 12.8 Å². The number of rotatable bonds is 7. The number of carbonyl (C=O) groups is 3. The molecule has 2 N–H and O–H groups in total. The fourth-order valence-corrected chi connectivity index (χ4v) is 1.01. The normalized spacial score (nSPS) is 11.9. The van der Waals surface area contributed by atoms with Gasteiger partial charge in [-0.15, -0.1) is 0 Å². The summed E-state index contributed by atoms with van der Waals surface area (Å²) >= 11 is 0. The molecule has 0 heterocycles. The first kappa shape index (κ1) is 14.6. The predicted molar refractivity (Wildman–Crippen MR) is 53.5 cm³/mol. The molecule has 0 aliphatic carbocycles. The molecule has 1 unspecified atom stereocenters. The van der Waals surface area contributed by atoms with Crippen molar-refractivity contribution in [3.63, 3.8) is 0 Å². The van der Waals surface area contributed by atoms with Crippen LogP contribution < -0.4 is 0 Å². The van der Waals surface area contributed by atoms with Gasteiger partial charge in [-0.25, -0.2) is 0 Å². The standard InChI is InChI=1S/C10H16O6/c1-7(11)6-10(15)16-9(14)5-3-2-4-8(12)13/h7,11H,2-6H2,1H3,(H,12,13). The second-order valence-corrected chi connectivity index (χ2v) is 3.50. The minimum Gasteiger partial charge on any atom is -0.481 e. The first-order valence-electron chi connectivity index (χ1n) is 5.05. The molecule has 0 aliphatic rings. The van der Waals surface area contributed by atoms with Crippen molar-refractivity contribution < 1.29 is 29.3 Å². The van der Waals surface area contributed by atoms with E-state index in [1.807, 2.05) is 0 Å². The van der Waals surface area contributed by atoms with E-state index in [0.717, 1.165) is 0 Å². The molecule has 92 valence electrons. The van der Waals surface area contributed by atoms with Gasteiger partial charge in [-0.2, -0.15) is 0 Å². The summed E-state index contributed by atoms with van der Waals surface area (Å²) in [5.74, 6) is -2.37. The van der Waals surface area contributed by atoms with Crippen molar-refractivity contribution >= 4 is 17.9 Å². The third-order valence-corrected chi connectivity index (χ3v) is 1.71. The quantitative estimate of drug-likeness (QED) is 0.376. The summed E-state index contributed by atoms with van der Waals surface area (Å²) in [5.41, 5.74) is 0. The van der Waals surface area contributed by atoms with E-state index in [-0.39, 0.29) is 19.3 Å². The van der Waals surface area contributed by atoms with Gasteiger partial charge in [0.15, 0.2) is 0 Å². The molecule has 1 atom stereocenters. The lowest BCUT2D eigenvalue weighted by molar-refractivity contribution is -0.161. The highest BCUT2D eigenvalue weighted by molar-refractivity contribution is 5.85. The van der Waals surface area contributed by atoms with Crippen LogP contribution in [0, 0.1) is 0 Å². The molecule has 6 heteroatoms. The first-order valence-corrected chi connectivity index (χ1v) is 5.05. The predicted octanol–water partition coefficient (Wildman–Crippen LogP) is 0.472. The third-order valence-electron chi connectivity index (χ3n) is 1.71. The zero-order valence-electron chi connectivity index (χ0n) is 9.14. The van der Waals surface area contributed by atoms with Gasteiger partial charge < -0.3 is 14.9 Å². The van der Waals surface area contributed by atoms with Gasteiger partial charge in [0.05, 0.1) is 12.5 Å². The van der Waals surface area contributed by atoms with Crippen LogP contribution in [0.15, 0.2) is 0 Å². The fraction of sp³-hybridized carbons (Fsp3) is 0.700. The number of unbranched alkanes of at least 4 members (excludes halogenated alkanes) is 1. The Morgan fingerprint density at radius 3 is 2.19 bits per heavy atom. The molecule has 0 aromatic rings. The molecule has 0 saturated heterocycles. The lowest BCUT2D eigenvalue weighted by Gasteiger charge is -2.04. The number of ether oxygens (including phenoxy) is 1. The molecule has 0 rings (SSSR count). The summed E-state index contributed by atoms with van der Waals surface area (Å²) < 4.78 is 4.38. The van der Waals surface area contributed by atoms with Crippen LogP contribution in [0.5, 0.6) is 0 Å². The summed E-state index contributed by atoms with van der Waals surface area (Å²) in [7, 11) is 0. The fourth-order valence-electron chi connectivity index (χ4n) is 1.01. The van der Waals surface area contributed by atoms with E-state index < -0.39 is 24.0 Å². The van der Waals surface area contributed by atoms with Gasteiger partial charge in [0.1, 0.15) is 0 Å². The zero-order chi connectivity index (χ0) is 12.6. The van der Waals surface area contributed by atoms with Gasteiger partial charge in [0.2, 0.25) is 0 Å². The van der Waals surface area contributed by atoms with E-state index >= 15 is 0 Å². The van der Waals surface area contributed by atoms with Gasteiger partial charge in [0.25, 0.3) is 0 Å². The number of aliphatic hydroxyl groups is 1. The Hall–Kier alpha value is -1.43. The SMILES string of the molecule is CC(O)CC(=O)OC(=O)CCCCC(=O)O. The Morgan fingerprint density at radius 2 is 1.69 bits per heavy atom. The maximum absolute atomic E-state index is 11.0. The minimum atomic E-state index is -0.918. The highest BCUT2D eigenvalue weighted by Gasteiger charge is 2.12. The van der Waals surface area contributed by atoms with Crippen LogP contribution in [0.25, 0.3) is 0 Å². The van der Waals surface area contributed by atoms with Crippen molar-refractivity contribution in [2.45, 2.75) is 45.1 Å². The maximum atomic E-state index is 11.0. The van der Waals surface area contributed by atoms with E-state index in [1.165, 1.54) is 6.92 Å². The first-order chi connectivity index (χ1) is 7.41. The molecule has 0 aromatic carbocycles. The van der Waals surface area contributed by atoms with Crippen molar-refractivity contribution in [3.8, 4) is 0 Å². The zero-order valence-corrected chi connectivity index (χ0v) is 9.14. The van der Waals surface area contributed by atoms with Crippen LogP contribution in [0.2, 0.25) is 0 Å². The van der Waals surface area contributed by atoms with Crippen LogP contribution in [0.3, 0.4) is 0 Å². The Morgan fingerprint density at radius 1 is 1.12 bits per heavy atom.